The molecule has 0 aromatic rings. The number of methoxy groups -OCH3 is 2. The fourth-order valence-electron chi connectivity index (χ4n) is 7.54. The Morgan fingerprint density at radius 2 is 1.29 bits per heavy atom. The van der Waals surface area contributed by atoms with Gasteiger partial charge in [0, 0.05) is 18.8 Å². The number of carbonyl (C=O) groups is 3. The molecule has 0 saturated carbocycles. The van der Waals surface area contributed by atoms with Crippen molar-refractivity contribution < 1.29 is 33.3 Å². The van der Waals surface area contributed by atoms with Gasteiger partial charge in [0.2, 0.25) is 5.91 Å². The summed E-state index contributed by atoms with van der Waals surface area (Å²) in [6.45, 7) is 1.49. The van der Waals surface area contributed by atoms with Crippen molar-refractivity contribution in [1.29, 1.82) is 0 Å². The van der Waals surface area contributed by atoms with E-state index in [1.165, 1.54) is 21.1 Å². The van der Waals surface area contributed by atoms with Gasteiger partial charge in [-0.1, -0.05) is 24.3 Å². The molecule has 6 bridgehead atoms. The van der Waals surface area contributed by atoms with Gasteiger partial charge in [-0.2, -0.15) is 0 Å². The van der Waals surface area contributed by atoms with E-state index in [2.05, 4.69) is 0 Å². The Morgan fingerprint density at radius 3 is 1.68 bits per heavy atom. The number of carbonyl (C=O) groups excluding carboxylic acids is 3. The van der Waals surface area contributed by atoms with Crippen molar-refractivity contribution >= 4 is 17.8 Å². The van der Waals surface area contributed by atoms with Gasteiger partial charge in [0.05, 0.1) is 50.7 Å². The summed E-state index contributed by atoms with van der Waals surface area (Å²) in [5, 5.41) is 0. The topological polar surface area (TPSA) is 91.4 Å². The molecular formula is C20H21NO7. The van der Waals surface area contributed by atoms with E-state index < -0.39 is 47.1 Å². The van der Waals surface area contributed by atoms with Crippen molar-refractivity contribution in [1.82, 2.24) is 4.90 Å². The quantitative estimate of drug-likeness (QED) is 0.480. The second-order valence-corrected chi connectivity index (χ2v) is 8.50. The SMILES string of the molecule is COC(=O)C12C3C=CC(O3)C1(C(=O)OC)C1C3C4C=CC(O4)C3C2N1C(C)=O. The van der Waals surface area contributed by atoms with Crippen LogP contribution >= 0.6 is 0 Å². The number of rotatable bonds is 2. The van der Waals surface area contributed by atoms with E-state index in [-0.39, 0.29) is 30.0 Å². The van der Waals surface area contributed by atoms with Crippen molar-refractivity contribution in [2.45, 2.75) is 43.4 Å². The molecule has 0 aromatic carbocycles. The smallest absolute Gasteiger partial charge is 0.318 e. The third-order valence-electron chi connectivity index (χ3n) is 8.02. The molecule has 6 aliphatic rings. The first kappa shape index (κ1) is 16.7. The summed E-state index contributed by atoms with van der Waals surface area (Å²) in [4.78, 5) is 41.5. The third kappa shape index (κ3) is 1.32. The highest BCUT2D eigenvalue weighted by atomic mass is 16.6. The van der Waals surface area contributed by atoms with Crippen LogP contribution in [0.3, 0.4) is 0 Å². The van der Waals surface area contributed by atoms with Gasteiger partial charge in [-0.3, -0.25) is 14.4 Å². The van der Waals surface area contributed by atoms with Crippen LogP contribution in [0.2, 0.25) is 0 Å². The summed E-state index contributed by atoms with van der Waals surface area (Å²) in [6, 6.07) is -1.10. The maximum Gasteiger partial charge on any atom is 0.318 e. The van der Waals surface area contributed by atoms with Crippen molar-refractivity contribution in [3.05, 3.63) is 24.3 Å². The molecule has 0 aliphatic carbocycles. The fourth-order valence-corrected chi connectivity index (χ4v) is 7.54. The summed E-state index contributed by atoms with van der Waals surface area (Å²) in [5.74, 6) is -1.39. The zero-order valence-corrected chi connectivity index (χ0v) is 15.7. The molecule has 4 saturated heterocycles. The van der Waals surface area contributed by atoms with Gasteiger partial charge in [-0.15, -0.1) is 0 Å². The van der Waals surface area contributed by atoms with Crippen LogP contribution in [0.1, 0.15) is 6.92 Å². The lowest BCUT2D eigenvalue weighted by atomic mass is 9.46. The number of ether oxygens (including phenoxy) is 4. The number of amides is 1. The van der Waals surface area contributed by atoms with E-state index in [4.69, 9.17) is 18.9 Å². The van der Waals surface area contributed by atoms with Crippen LogP contribution in [0.5, 0.6) is 0 Å². The molecule has 6 rings (SSSR count). The highest BCUT2D eigenvalue weighted by Crippen LogP contribution is 2.76. The molecule has 28 heavy (non-hydrogen) atoms. The molecular weight excluding hydrogens is 366 g/mol. The number of nitrogens with zero attached hydrogens (tertiary/aromatic N) is 1. The number of esters is 2. The van der Waals surface area contributed by atoms with E-state index in [0.29, 0.717) is 0 Å². The lowest BCUT2D eigenvalue weighted by molar-refractivity contribution is -0.181. The van der Waals surface area contributed by atoms with Gasteiger partial charge in [-0.05, 0) is 0 Å². The van der Waals surface area contributed by atoms with Gasteiger partial charge in [0.25, 0.3) is 0 Å². The van der Waals surface area contributed by atoms with Gasteiger partial charge < -0.3 is 23.8 Å². The third-order valence-corrected chi connectivity index (χ3v) is 8.02. The molecule has 0 radical (unpaired) electrons. The number of fused-ring (bicyclic) bond motifs is 16. The average Bonchev–Trinajstić information content (AvgIpc) is 3.49. The first-order valence-corrected chi connectivity index (χ1v) is 9.59. The Kier molecular flexibility index (Phi) is 2.90. The highest BCUT2D eigenvalue weighted by Gasteiger charge is 2.92. The summed E-state index contributed by atoms with van der Waals surface area (Å²) in [6.07, 6.45) is 5.97. The van der Waals surface area contributed by atoms with Crippen molar-refractivity contribution in [2.24, 2.45) is 22.7 Å². The van der Waals surface area contributed by atoms with Crippen LogP contribution in [0.15, 0.2) is 24.3 Å². The van der Waals surface area contributed by atoms with Crippen molar-refractivity contribution in [3.63, 3.8) is 0 Å². The standard InChI is InChI=1S/C20H21NO7/c1-8(22)21-15-13-9-4-5-10(27-9)14(13)16(21)20(18(24)26-3)12-7-6-11(28-12)19(15,20)17(23)25-2/h4-7,9-16H,1-3H3. The first-order valence-electron chi connectivity index (χ1n) is 9.59. The number of hydrogen-bond acceptors (Lipinski definition) is 7. The lowest BCUT2D eigenvalue weighted by Crippen LogP contribution is -2.68. The van der Waals surface area contributed by atoms with Gasteiger partial charge >= 0.3 is 11.9 Å². The van der Waals surface area contributed by atoms with Crippen LogP contribution < -0.4 is 0 Å². The molecule has 4 fully saturated rings. The molecule has 0 N–H and O–H groups in total. The zero-order chi connectivity index (χ0) is 19.6. The zero-order valence-electron chi connectivity index (χ0n) is 15.7. The minimum Gasteiger partial charge on any atom is -0.468 e. The van der Waals surface area contributed by atoms with Crippen LogP contribution in [-0.4, -0.2) is 73.5 Å². The van der Waals surface area contributed by atoms with E-state index >= 15 is 0 Å². The van der Waals surface area contributed by atoms with Crippen molar-refractivity contribution in [2.75, 3.05) is 14.2 Å². The average molecular weight is 387 g/mol. The maximum atomic E-state index is 13.4. The van der Waals surface area contributed by atoms with E-state index in [0.717, 1.165) is 0 Å². The normalized spacial score (nSPS) is 52.9. The van der Waals surface area contributed by atoms with Gasteiger partial charge in [-0.25, -0.2) is 0 Å². The van der Waals surface area contributed by atoms with Crippen molar-refractivity contribution in [3.8, 4) is 0 Å². The predicted octanol–water partition coefficient (Wildman–Crippen LogP) is -0.175. The van der Waals surface area contributed by atoms with Crippen LogP contribution in [-0.2, 0) is 33.3 Å². The molecule has 1 amide bonds. The Hall–Kier alpha value is -2.19. The maximum absolute atomic E-state index is 13.4. The molecule has 8 nitrogen and oxygen atoms in total. The summed E-state index contributed by atoms with van der Waals surface area (Å²) in [7, 11) is 2.63. The Bertz CT molecular complexity index is 822. The molecule has 148 valence electrons. The molecule has 0 aromatic heterocycles. The summed E-state index contributed by atoms with van der Waals surface area (Å²) >= 11 is 0. The monoisotopic (exact) mass is 387 g/mol. The van der Waals surface area contributed by atoms with E-state index in [1.54, 1.807) is 4.90 Å². The molecule has 6 heterocycles. The minimum atomic E-state index is -1.34. The molecule has 10 unspecified atom stereocenters. The van der Waals surface area contributed by atoms with Gasteiger partial charge in [0.1, 0.15) is 10.8 Å². The minimum absolute atomic E-state index is 0.0860. The Morgan fingerprint density at radius 1 is 0.821 bits per heavy atom. The second kappa shape index (κ2) is 4.86. The summed E-state index contributed by atoms with van der Waals surface area (Å²) < 4.78 is 22.8. The molecule has 0 spiro atoms. The highest BCUT2D eigenvalue weighted by molar-refractivity contribution is 5.97. The molecule has 6 aliphatic heterocycles. The predicted molar refractivity (Wildman–Crippen MR) is 91.6 cm³/mol. The van der Waals surface area contributed by atoms with Gasteiger partial charge in [0.15, 0.2) is 0 Å². The van der Waals surface area contributed by atoms with Crippen LogP contribution in [0.4, 0.5) is 0 Å². The fraction of sp³-hybridized carbons (Fsp3) is 0.650. The van der Waals surface area contributed by atoms with E-state index in [1.807, 2.05) is 24.3 Å². The number of hydrogen-bond donors (Lipinski definition) is 0. The Balaban J connectivity index is 1.68. The van der Waals surface area contributed by atoms with Crippen LogP contribution in [0, 0.1) is 22.7 Å². The first-order chi connectivity index (χ1) is 13.5. The van der Waals surface area contributed by atoms with E-state index in [9.17, 15) is 14.4 Å². The summed E-state index contributed by atoms with van der Waals surface area (Å²) in [5.41, 5.74) is -2.68. The Labute approximate surface area is 161 Å². The molecule has 10 atom stereocenters. The second-order valence-electron chi connectivity index (χ2n) is 8.50. The van der Waals surface area contributed by atoms with Crippen LogP contribution in [0.25, 0.3) is 0 Å². The lowest BCUT2D eigenvalue weighted by Gasteiger charge is -2.50. The largest absolute Gasteiger partial charge is 0.468 e. The molecule has 8 heteroatoms.